The van der Waals surface area contributed by atoms with E-state index < -0.39 is 23.8 Å². The van der Waals surface area contributed by atoms with Gasteiger partial charge >= 0.3 is 6.09 Å². The Bertz CT molecular complexity index is 887. The maximum atomic E-state index is 13.2. The normalized spacial score (nSPS) is 13.3. The number of benzene rings is 2. The third-order valence-electron chi connectivity index (χ3n) is 4.53. The summed E-state index contributed by atoms with van der Waals surface area (Å²) in [5.41, 5.74) is 2.94. The first-order valence-corrected chi connectivity index (χ1v) is 11.3. The quantitative estimate of drug-likeness (QED) is 0.467. The summed E-state index contributed by atoms with van der Waals surface area (Å²) in [7, 11) is 0. The van der Waals surface area contributed by atoms with Crippen molar-refractivity contribution in [3.63, 3.8) is 0 Å². The van der Waals surface area contributed by atoms with Crippen LogP contribution in [0.2, 0.25) is 0 Å². The third-order valence-corrected chi connectivity index (χ3v) is 5.15. The number of carbonyl (C=O) groups excluding carboxylic acids is 2. The molecule has 31 heavy (non-hydrogen) atoms. The van der Waals surface area contributed by atoms with Crippen molar-refractivity contribution in [2.75, 3.05) is 5.32 Å². The highest BCUT2D eigenvalue weighted by molar-refractivity contribution is 14.1. The van der Waals surface area contributed by atoms with E-state index >= 15 is 0 Å². The zero-order valence-electron chi connectivity index (χ0n) is 18.9. The van der Waals surface area contributed by atoms with Gasteiger partial charge in [-0.1, -0.05) is 30.3 Å². The molecule has 6 nitrogen and oxygen atoms in total. The van der Waals surface area contributed by atoms with Crippen LogP contribution in [-0.4, -0.2) is 29.7 Å². The summed E-state index contributed by atoms with van der Waals surface area (Å²) in [5.74, 6) is -0.362. The number of anilines is 1. The van der Waals surface area contributed by atoms with E-state index in [1.54, 1.807) is 27.7 Å². The summed E-state index contributed by atoms with van der Waals surface area (Å²) in [6.07, 6.45) is -1.25. The van der Waals surface area contributed by atoms with Crippen LogP contribution in [0.3, 0.4) is 0 Å². The van der Waals surface area contributed by atoms with E-state index in [-0.39, 0.29) is 5.91 Å². The molecule has 7 heteroatoms. The van der Waals surface area contributed by atoms with Crippen molar-refractivity contribution in [3.05, 3.63) is 62.7 Å². The number of alkyl carbamates (subject to hydrolysis) is 1. The molecule has 2 amide bonds. The van der Waals surface area contributed by atoms with E-state index in [1.807, 2.05) is 56.3 Å². The SMILES string of the molecule is Cc1cc(I)cc(C)c1NC(=O)[C@@H](NC(=O)OC(C)(C)C)[C@@H](C)OCc1ccccc1. The standard InChI is InChI=1S/C24H31IN2O4/c1-15-12-19(25)13-16(2)20(15)26-22(28)21(27-23(29)31-24(4,5)6)17(3)30-14-18-10-8-7-9-11-18/h7-13,17,21H,14H2,1-6H3,(H,26,28)(H,27,29)/t17-,21+/m1/s1. The van der Waals surface area contributed by atoms with Gasteiger partial charge in [-0.05, 0) is 93.0 Å². The van der Waals surface area contributed by atoms with Gasteiger partial charge in [0.05, 0.1) is 12.7 Å². The number of halogens is 1. The Hall–Kier alpha value is -2.13. The lowest BCUT2D eigenvalue weighted by molar-refractivity contribution is -0.122. The van der Waals surface area contributed by atoms with Crippen LogP contribution in [-0.2, 0) is 20.9 Å². The van der Waals surface area contributed by atoms with Crippen molar-refractivity contribution in [2.24, 2.45) is 0 Å². The summed E-state index contributed by atoms with van der Waals surface area (Å²) in [6.45, 7) is 11.3. The Balaban J connectivity index is 2.19. The second-order valence-electron chi connectivity index (χ2n) is 8.53. The molecule has 0 aliphatic carbocycles. The van der Waals surface area contributed by atoms with Gasteiger partial charge in [-0.25, -0.2) is 4.79 Å². The third kappa shape index (κ3) is 8.14. The van der Waals surface area contributed by atoms with Crippen molar-refractivity contribution < 1.29 is 19.1 Å². The van der Waals surface area contributed by atoms with Gasteiger partial charge in [0.1, 0.15) is 11.6 Å². The molecule has 0 unspecified atom stereocenters. The topological polar surface area (TPSA) is 76.7 Å². The number of hydrogen-bond acceptors (Lipinski definition) is 4. The molecule has 0 heterocycles. The highest BCUT2D eigenvalue weighted by atomic mass is 127. The van der Waals surface area contributed by atoms with Crippen LogP contribution in [0.25, 0.3) is 0 Å². The lowest BCUT2D eigenvalue weighted by atomic mass is 10.1. The lowest BCUT2D eigenvalue weighted by Gasteiger charge is -2.27. The molecule has 0 radical (unpaired) electrons. The molecule has 0 saturated carbocycles. The summed E-state index contributed by atoms with van der Waals surface area (Å²) in [5, 5.41) is 5.64. The second kappa shape index (κ2) is 10.9. The first-order chi connectivity index (χ1) is 14.5. The van der Waals surface area contributed by atoms with E-state index in [0.717, 1.165) is 25.9 Å². The minimum atomic E-state index is -0.934. The van der Waals surface area contributed by atoms with Gasteiger partial charge in [0.2, 0.25) is 5.91 Å². The first kappa shape index (κ1) is 25.1. The summed E-state index contributed by atoms with van der Waals surface area (Å²) in [4.78, 5) is 25.6. The van der Waals surface area contributed by atoms with Crippen LogP contribution in [0.15, 0.2) is 42.5 Å². The highest BCUT2D eigenvalue weighted by Gasteiger charge is 2.30. The Morgan fingerprint density at radius 1 is 1.06 bits per heavy atom. The van der Waals surface area contributed by atoms with Gasteiger partial charge in [0.25, 0.3) is 0 Å². The van der Waals surface area contributed by atoms with Crippen LogP contribution in [0.1, 0.15) is 44.4 Å². The monoisotopic (exact) mass is 538 g/mol. The predicted octanol–water partition coefficient (Wildman–Crippen LogP) is 5.35. The van der Waals surface area contributed by atoms with E-state index in [9.17, 15) is 9.59 Å². The first-order valence-electron chi connectivity index (χ1n) is 10.2. The van der Waals surface area contributed by atoms with Gasteiger partial charge in [0, 0.05) is 9.26 Å². The smallest absolute Gasteiger partial charge is 0.408 e. The van der Waals surface area contributed by atoms with Crippen molar-refractivity contribution in [2.45, 2.75) is 65.9 Å². The molecule has 0 aliphatic rings. The molecule has 0 aromatic heterocycles. The molecule has 2 N–H and O–H groups in total. The second-order valence-corrected chi connectivity index (χ2v) is 9.78. The Morgan fingerprint density at radius 2 is 1.65 bits per heavy atom. The number of ether oxygens (including phenoxy) is 2. The van der Waals surface area contributed by atoms with Crippen LogP contribution < -0.4 is 10.6 Å². The molecule has 0 fully saturated rings. The predicted molar refractivity (Wildman–Crippen MR) is 131 cm³/mol. The summed E-state index contributed by atoms with van der Waals surface area (Å²) in [6, 6.07) is 12.7. The van der Waals surface area contributed by atoms with Crippen LogP contribution in [0.5, 0.6) is 0 Å². The van der Waals surface area contributed by atoms with E-state index in [0.29, 0.717) is 6.61 Å². The van der Waals surface area contributed by atoms with E-state index in [1.165, 1.54) is 0 Å². The highest BCUT2D eigenvalue weighted by Crippen LogP contribution is 2.24. The van der Waals surface area contributed by atoms with E-state index in [2.05, 4.69) is 33.2 Å². The average molecular weight is 538 g/mol. The van der Waals surface area contributed by atoms with Crippen molar-refractivity contribution in [1.29, 1.82) is 0 Å². The van der Waals surface area contributed by atoms with Gasteiger partial charge in [-0.3, -0.25) is 4.79 Å². The van der Waals surface area contributed by atoms with Crippen LogP contribution in [0.4, 0.5) is 10.5 Å². The molecular weight excluding hydrogens is 507 g/mol. The van der Waals surface area contributed by atoms with Crippen molar-refractivity contribution in [1.82, 2.24) is 5.32 Å². The number of carbonyl (C=O) groups is 2. The number of amides is 2. The summed E-state index contributed by atoms with van der Waals surface area (Å²) < 4.78 is 12.4. The average Bonchev–Trinajstić information content (AvgIpc) is 2.66. The molecular formula is C24H31IN2O4. The Labute approximate surface area is 198 Å². The van der Waals surface area contributed by atoms with Crippen molar-refractivity contribution >= 4 is 40.3 Å². The van der Waals surface area contributed by atoms with Crippen LogP contribution >= 0.6 is 22.6 Å². The summed E-state index contributed by atoms with van der Waals surface area (Å²) >= 11 is 2.24. The minimum Gasteiger partial charge on any atom is -0.444 e. The Kier molecular flexibility index (Phi) is 8.88. The maximum Gasteiger partial charge on any atom is 0.408 e. The fourth-order valence-corrected chi connectivity index (χ4v) is 3.97. The van der Waals surface area contributed by atoms with E-state index in [4.69, 9.17) is 9.47 Å². The molecule has 2 aromatic carbocycles. The number of nitrogens with one attached hydrogen (secondary N) is 2. The van der Waals surface area contributed by atoms with Gasteiger partial charge in [-0.2, -0.15) is 0 Å². The molecule has 0 saturated heterocycles. The molecule has 168 valence electrons. The number of hydrogen-bond donors (Lipinski definition) is 2. The van der Waals surface area contributed by atoms with Crippen LogP contribution in [0, 0.1) is 17.4 Å². The van der Waals surface area contributed by atoms with Gasteiger partial charge in [0.15, 0.2) is 0 Å². The molecule has 2 rings (SSSR count). The molecule has 0 bridgehead atoms. The zero-order valence-corrected chi connectivity index (χ0v) is 21.1. The van der Waals surface area contributed by atoms with Crippen molar-refractivity contribution in [3.8, 4) is 0 Å². The fraction of sp³-hybridized carbons (Fsp3) is 0.417. The largest absolute Gasteiger partial charge is 0.444 e. The zero-order chi connectivity index (χ0) is 23.2. The maximum absolute atomic E-state index is 13.2. The number of rotatable bonds is 7. The fourth-order valence-electron chi connectivity index (χ4n) is 3.04. The minimum absolute atomic E-state index is 0.323. The Morgan fingerprint density at radius 3 is 2.19 bits per heavy atom. The molecule has 0 spiro atoms. The molecule has 0 aliphatic heterocycles. The lowest BCUT2D eigenvalue weighted by Crippen LogP contribution is -2.52. The van der Waals surface area contributed by atoms with Gasteiger partial charge in [-0.15, -0.1) is 0 Å². The molecule has 2 aromatic rings. The number of aryl methyl sites for hydroxylation is 2. The van der Waals surface area contributed by atoms with Gasteiger partial charge < -0.3 is 20.1 Å². The molecule has 2 atom stereocenters.